The molecule has 0 aliphatic carbocycles. The molecular weight excluding hydrogens is 459 g/mol. The summed E-state index contributed by atoms with van der Waals surface area (Å²) in [5.41, 5.74) is 2.37. The molecule has 160 valence electrons. The van der Waals surface area contributed by atoms with E-state index in [9.17, 15) is 18.0 Å². The number of hydrogen-bond donors (Lipinski definition) is 0. The average molecular weight is 477 g/mol. The average Bonchev–Trinajstić information content (AvgIpc) is 2.78. The normalized spacial score (nSPS) is 11.2. The van der Waals surface area contributed by atoms with Gasteiger partial charge in [0.1, 0.15) is 0 Å². The molecule has 0 spiro atoms. The van der Waals surface area contributed by atoms with Gasteiger partial charge in [-0.25, -0.2) is 8.42 Å². The minimum absolute atomic E-state index is 0.0203. The van der Waals surface area contributed by atoms with Gasteiger partial charge in [0, 0.05) is 10.6 Å². The lowest BCUT2D eigenvalue weighted by molar-refractivity contribution is -0.142. The van der Waals surface area contributed by atoms with Gasteiger partial charge in [0.25, 0.3) is 0 Å². The number of Topliss-reactive ketones (excluding diaryl/α,β-unsaturated/α-hetero) is 1. The molecule has 0 saturated carbocycles. The number of halogens is 2. The minimum Gasteiger partial charge on any atom is -0.457 e. The van der Waals surface area contributed by atoms with Crippen LogP contribution >= 0.6 is 23.2 Å². The third-order valence-corrected chi connectivity index (χ3v) is 6.91. The molecule has 0 radical (unpaired) electrons. The zero-order valence-corrected chi connectivity index (χ0v) is 18.6. The highest BCUT2D eigenvalue weighted by molar-refractivity contribution is 7.91. The molecule has 0 fully saturated rings. The fraction of sp³-hybridized carbons (Fsp3) is 0.130. The summed E-state index contributed by atoms with van der Waals surface area (Å²) in [5.74, 6) is -1.68. The van der Waals surface area contributed by atoms with Crippen molar-refractivity contribution in [2.75, 3.05) is 12.4 Å². The van der Waals surface area contributed by atoms with Gasteiger partial charge in [-0.1, -0.05) is 77.8 Å². The van der Waals surface area contributed by atoms with Crippen molar-refractivity contribution < 1.29 is 22.7 Å². The number of ether oxygens (including phenoxy) is 1. The number of carbonyl (C=O) groups excluding carboxylic acids is 2. The number of sulfone groups is 1. The highest BCUT2D eigenvalue weighted by atomic mass is 35.5. The molecule has 31 heavy (non-hydrogen) atoms. The highest BCUT2D eigenvalue weighted by Crippen LogP contribution is 2.26. The monoisotopic (exact) mass is 476 g/mol. The van der Waals surface area contributed by atoms with Gasteiger partial charge in [0.2, 0.25) is 0 Å². The molecule has 0 amide bonds. The molecule has 0 aliphatic heterocycles. The van der Waals surface area contributed by atoms with Crippen molar-refractivity contribution in [2.45, 2.75) is 11.3 Å². The second-order valence-corrected chi connectivity index (χ2v) is 9.59. The van der Waals surface area contributed by atoms with E-state index in [1.165, 1.54) is 18.2 Å². The van der Waals surface area contributed by atoms with Crippen LogP contribution in [0, 0.1) is 0 Å². The van der Waals surface area contributed by atoms with Crippen LogP contribution in [0.3, 0.4) is 0 Å². The van der Waals surface area contributed by atoms with Gasteiger partial charge in [0.05, 0.1) is 22.1 Å². The van der Waals surface area contributed by atoms with Crippen molar-refractivity contribution in [3.63, 3.8) is 0 Å². The number of carbonyl (C=O) groups is 2. The third-order valence-electron chi connectivity index (χ3n) is 4.48. The van der Waals surface area contributed by atoms with Gasteiger partial charge in [-0.2, -0.15) is 0 Å². The molecule has 0 heterocycles. The van der Waals surface area contributed by atoms with E-state index in [0.717, 1.165) is 11.1 Å². The Hall–Kier alpha value is -2.67. The van der Waals surface area contributed by atoms with Gasteiger partial charge in [-0.15, -0.1) is 0 Å². The Labute approximate surface area is 190 Å². The zero-order chi connectivity index (χ0) is 22.4. The summed E-state index contributed by atoms with van der Waals surface area (Å²) in [6.07, 6.45) is -0.411. The predicted molar refractivity (Wildman–Crippen MR) is 120 cm³/mol. The van der Waals surface area contributed by atoms with Crippen LogP contribution in [0.2, 0.25) is 10.0 Å². The zero-order valence-electron chi connectivity index (χ0n) is 16.3. The Kier molecular flexibility index (Phi) is 7.49. The first-order chi connectivity index (χ1) is 14.8. The molecule has 5 nitrogen and oxygen atoms in total. The fourth-order valence-corrected chi connectivity index (χ4v) is 4.86. The number of rotatable bonds is 8. The summed E-state index contributed by atoms with van der Waals surface area (Å²) in [6, 6.07) is 20.7. The number of benzene rings is 3. The van der Waals surface area contributed by atoms with Crippen molar-refractivity contribution in [3.05, 3.63) is 88.4 Å². The van der Waals surface area contributed by atoms with E-state index in [-0.39, 0.29) is 20.7 Å². The van der Waals surface area contributed by atoms with Crippen LogP contribution in [-0.4, -0.2) is 32.5 Å². The summed E-state index contributed by atoms with van der Waals surface area (Å²) in [5, 5.41) is 0.237. The fourth-order valence-electron chi connectivity index (χ4n) is 2.82. The molecule has 3 aromatic rings. The Morgan fingerprint density at radius 1 is 0.839 bits per heavy atom. The summed E-state index contributed by atoms with van der Waals surface area (Å²) in [6.45, 7) is -0.471. The van der Waals surface area contributed by atoms with Crippen LogP contribution in [0.5, 0.6) is 0 Å². The van der Waals surface area contributed by atoms with Gasteiger partial charge in [-0.05, 0) is 29.3 Å². The Bertz CT molecular complexity index is 1190. The molecule has 8 heteroatoms. The molecule has 0 unspecified atom stereocenters. The van der Waals surface area contributed by atoms with Crippen LogP contribution < -0.4 is 0 Å². The smallest absolute Gasteiger partial charge is 0.307 e. The van der Waals surface area contributed by atoms with Crippen molar-refractivity contribution in [1.82, 2.24) is 0 Å². The summed E-state index contributed by atoms with van der Waals surface area (Å²) >= 11 is 11.7. The van der Waals surface area contributed by atoms with E-state index >= 15 is 0 Å². The maximum Gasteiger partial charge on any atom is 0.307 e. The largest absolute Gasteiger partial charge is 0.457 e. The van der Waals surface area contributed by atoms with Gasteiger partial charge >= 0.3 is 5.97 Å². The van der Waals surface area contributed by atoms with Crippen LogP contribution in [0.25, 0.3) is 11.1 Å². The lowest BCUT2D eigenvalue weighted by atomic mass is 10.0. The number of ketones is 1. The van der Waals surface area contributed by atoms with E-state index in [1.54, 1.807) is 12.1 Å². The van der Waals surface area contributed by atoms with Crippen molar-refractivity contribution >= 4 is 44.8 Å². The van der Waals surface area contributed by atoms with Gasteiger partial charge in [-0.3, -0.25) is 9.59 Å². The van der Waals surface area contributed by atoms with Crippen molar-refractivity contribution in [2.24, 2.45) is 0 Å². The SMILES string of the molecule is O=C(CCS(=O)(=O)c1cc(Cl)ccc1Cl)OCC(=O)c1ccc(-c2ccccc2)cc1. The standard InChI is InChI=1S/C23H18Cl2O5S/c24-19-10-11-20(25)22(14-19)31(28,29)13-12-23(27)30-15-21(26)18-8-6-17(7-9-18)16-4-2-1-3-5-16/h1-11,14H,12-13,15H2. The third kappa shape index (κ3) is 6.17. The van der Waals surface area contributed by atoms with Crippen LogP contribution in [0.4, 0.5) is 0 Å². The highest BCUT2D eigenvalue weighted by Gasteiger charge is 2.21. The first-order valence-electron chi connectivity index (χ1n) is 9.28. The maximum atomic E-state index is 12.4. The second-order valence-electron chi connectivity index (χ2n) is 6.67. The molecule has 0 N–H and O–H groups in total. The van der Waals surface area contributed by atoms with E-state index in [0.29, 0.717) is 5.56 Å². The Balaban J connectivity index is 1.53. The Morgan fingerprint density at radius 3 is 2.16 bits per heavy atom. The van der Waals surface area contributed by atoms with E-state index in [1.807, 2.05) is 42.5 Å². The maximum absolute atomic E-state index is 12.4. The molecule has 0 bridgehead atoms. The molecule has 0 aromatic heterocycles. The lowest BCUT2D eigenvalue weighted by Crippen LogP contribution is -2.17. The minimum atomic E-state index is -3.83. The molecule has 0 saturated heterocycles. The van der Waals surface area contributed by atoms with Crippen LogP contribution in [0.1, 0.15) is 16.8 Å². The topological polar surface area (TPSA) is 77.5 Å². The van der Waals surface area contributed by atoms with Crippen LogP contribution in [-0.2, 0) is 19.4 Å². The summed E-state index contributed by atoms with van der Waals surface area (Å²) < 4.78 is 29.7. The summed E-state index contributed by atoms with van der Waals surface area (Å²) in [4.78, 5) is 24.1. The predicted octanol–water partition coefficient (Wildman–Crippen LogP) is 5.25. The van der Waals surface area contributed by atoms with Gasteiger partial charge in [0.15, 0.2) is 22.2 Å². The second kappa shape index (κ2) is 10.1. The first-order valence-corrected chi connectivity index (χ1v) is 11.7. The molecule has 0 atom stereocenters. The molecule has 3 aromatic carbocycles. The van der Waals surface area contributed by atoms with E-state index < -0.39 is 34.6 Å². The van der Waals surface area contributed by atoms with E-state index in [2.05, 4.69) is 0 Å². The lowest BCUT2D eigenvalue weighted by Gasteiger charge is -2.08. The quantitative estimate of drug-likeness (QED) is 0.327. The molecule has 0 aliphatic rings. The van der Waals surface area contributed by atoms with Crippen LogP contribution in [0.15, 0.2) is 77.7 Å². The first kappa shape index (κ1) is 23.0. The molecule has 3 rings (SSSR count). The van der Waals surface area contributed by atoms with E-state index in [4.69, 9.17) is 27.9 Å². The number of hydrogen-bond acceptors (Lipinski definition) is 5. The summed E-state index contributed by atoms with van der Waals surface area (Å²) in [7, 11) is -3.83. The molecular formula is C23H18Cl2O5S. The van der Waals surface area contributed by atoms with Gasteiger partial charge < -0.3 is 4.74 Å². The number of esters is 1. The van der Waals surface area contributed by atoms with Crippen molar-refractivity contribution in [3.8, 4) is 11.1 Å². The van der Waals surface area contributed by atoms with Crippen molar-refractivity contribution in [1.29, 1.82) is 0 Å². The Morgan fingerprint density at radius 2 is 1.48 bits per heavy atom.